The topological polar surface area (TPSA) is 89.2 Å². The molecule has 0 fully saturated rings. The van der Waals surface area contributed by atoms with Gasteiger partial charge in [0.15, 0.2) is 0 Å². The normalized spacial score (nSPS) is 13.5. The average Bonchev–Trinajstić information content (AvgIpc) is 2.55. The van der Waals surface area contributed by atoms with E-state index in [0.717, 1.165) is 11.1 Å². The van der Waals surface area contributed by atoms with Crippen LogP contribution in [0.4, 0.5) is 4.39 Å². The molecule has 6 nitrogen and oxygen atoms in total. The third-order valence-corrected chi connectivity index (χ3v) is 3.79. The first-order valence-electron chi connectivity index (χ1n) is 7.20. The first-order valence-corrected chi connectivity index (χ1v) is 7.20. The highest BCUT2D eigenvalue weighted by Crippen LogP contribution is 2.17. The second kappa shape index (κ2) is 6.12. The molecular weight excluding hydrogens is 299 g/mol. The van der Waals surface area contributed by atoms with Crippen LogP contribution in [0.2, 0.25) is 0 Å². The van der Waals surface area contributed by atoms with E-state index >= 15 is 0 Å². The standard InChI is InChI=1S/C16H15FN4O2/c17-12-3-1-10(2-4-12)7-14(22)21-6-5-11-8-19-16(15(18)23)20-13(11)9-21/h1-4,8H,5-7,9H2,(H2,18,23). The molecular formula is C16H15FN4O2. The predicted molar refractivity (Wildman–Crippen MR) is 79.8 cm³/mol. The summed E-state index contributed by atoms with van der Waals surface area (Å²) in [7, 11) is 0. The minimum Gasteiger partial charge on any atom is -0.363 e. The Bertz CT molecular complexity index is 761. The first-order chi connectivity index (χ1) is 11.0. The van der Waals surface area contributed by atoms with Crippen LogP contribution in [0.3, 0.4) is 0 Å². The second-order valence-corrected chi connectivity index (χ2v) is 5.40. The molecule has 7 heteroatoms. The van der Waals surface area contributed by atoms with E-state index in [4.69, 9.17) is 5.73 Å². The third-order valence-electron chi connectivity index (χ3n) is 3.79. The lowest BCUT2D eigenvalue weighted by molar-refractivity contribution is -0.131. The molecule has 0 saturated carbocycles. The molecule has 1 aliphatic heterocycles. The molecule has 2 N–H and O–H groups in total. The van der Waals surface area contributed by atoms with Crippen LogP contribution >= 0.6 is 0 Å². The Hall–Kier alpha value is -2.83. The first kappa shape index (κ1) is 15.1. The maximum atomic E-state index is 12.9. The van der Waals surface area contributed by atoms with E-state index in [2.05, 4.69) is 9.97 Å². The van der Waals surface area contributed by atoms with Crippen LogP contribution in [0.1, 0.15) is 27.4 Å². The lowest BCUT2D eigenvalue weighted by atomic mass is 10.1. The summed E-state index contributed by atoms with van der Waals surface area (Å²) in [5.74, 6) is -1.13. The van der Waals surface area contributed by atoms with Gasteiger partial charge in [-0.2, -0.15) is 0 Å². The summed E-state index contributed by atoms with van der Waals surface area (Å²) in [5.41, 5.74) is 7.50. The Morgan fingerprint density at radius 1 is 1.26 bits per heavy atom. The van der Waals surface area contributed by atoms with Gasteiger partial charge in [-0.3, -0.25) is 9.59 Å². The quantitative estimate of drug-likeness (QED) is 0.909. The van der Waals surface area contributed by atoms with Gasteiger partial charge in [0.1, 0.15) is 5.82 Å². The molecule has 3 rings (SSSR count). The van der Waals surface area contributed by atoms with Crippen LogP contribution in [0.5, 0.6) is 0 Å². The number of primary amides is 1. The van der Waals surface area contributed by atoms with E-state index in [-0.39, 0.29) is 24.0 Å². The van der Waals surface area contributed by atoms with Crippen LogP contribution in [0.15, 0.2) is 30.5 Å². The number of fused-ring (bicyclic) bond motifs is 1. The van der Waals surface area contributed by atoms with Crippen LogP contribution in [-0.4, -0.2) is 33.2 Å². The van der Waals surface area contributed by atoms with E-state index in [1.54, 1.807) is 23.2 Å². The van der Waals surface area contributed by atoms with Gasteiger partial charge < -0.3 is 10.6 Å². The summed E-state index contributed by atoms with van der Waals surface area (Å²) in [6.45, 7) is 0.879. The van der Waals surface area contributed by atoms with E-state index < -0.39 is 5.91 Å². The van der Waals surface area contributed by atoms with Crippen molar-refractivity contribution < 1.29 is 14.0 Å². The molecule has 0 spiro atoms. The number of carbonyl (C=O) groups is 2. The number of halogens is 1. The number of hydrogen-bond acceptors (Lipinski definition) is 4. The monoisotopic (exact) mass is 314 g/mol. The van der Waals surface area contributed by atoms with E-state index in [9.17, 15) is 14.0 Å². The molecule has 23 heavy (non-hydrogen) atoms. The third kappa shape index (κ3) is 3.33. The van der Waals surface area contributed by atoms with Crippen molar-refractivity contribution in [3.05, 3.63) is 58.9 Å². The minimum atomic E-state index is -0.692. The number of amides is 2. The molecule has 2 aromatic rings. The molecule has 1 aromatic carbocycles. The Kier molecular flexibility index (Phi) is 4.01. The van der Waals surface area contributed by atoms with Crippen molar-refractivity contribution in [2.45, 2.75) is 19.4 Å². The van der Waals surface area contributed by atoms with Crippen molar-refractivity contribution in [1.82, 2.24) is 14.9 Å². The van der Waals surface area contributed by atoms with E-state index in [1.165, 1.54) is 12.1 Å². The number of rotatable bonds is 3. The number of aromatic nitrogens is 2. The molecule has 0 aliphatic carbocycles. The highest BCUT2D eigenvalue weighted by Gasteiger charge is 2.23. The van der Waals surface area contributed by atoms with Crippen LogP contribution < -0.4 is 5.73 Å². The Morgan fingerprint density at radius 2 is 2.00 bits per heavy atom. The maximum Gasteiger partial charge on any atom is 0.286 e. The van der Waals surface area contributed by atoms with Crippen LogP contribution in [0, 0.1) is 5.82 Å². The maximum absolute atomic E-state index is 12.9. The molecule has 0 atom stereocenters. The van der Waals surface area contributed by atoms with Gasteiger partial charge in [-0.25, -0.2) is 14.4 Å². The summed E-state index contributed by atoms with van der Waals surface area (Å²) < 4.78 is 12.9. The van der Waals surface area contributed by atoms with Crippen molar-refractivity contribution in [3.63, 3.8) is 0 Å². The van der Waals surface area contributed by atoms with E-state index in [0.29, 0.717) is 25.2 Å². The fourth-order valence-corrected chi connectivity index (χ4v) is 2.52. The highest BCUT2D eigenvalue weighted by atomic mass is 19.1. The van der Waals surface area contributed by atoms with Gasteiger partial charge in [0.2, 0.25) is 11.7 Å². The van der Waals surface area contributed by atoms with Gasteiger partial charge in [-0.1, -0.05) is 12.1 Å². The number of carbonyl (C=O) groups excluding carboxylic acids is 2. The van der Waals surface area contributed by atoms with Crippen molar-refractivity contribution >= 4 is 11.8 Å². The fourth-order valence-electron chi connectivity index (χ4n) is 2.52. The van der Waals surface area contributed by atoms with Crippen molar-refractivity contribution in [2.24, 2.45) is 5.73 Å². The van der Waals surface area contributed by atoms with Gasteiger partial charge in [0.05, 0.1) is 18.7 Å². The summed E-state index contributed by atoms with van der Waals surface area (Å²) >= 11 is 0. The van der Waals surface area contributed by atoms with Gasteiger partial charge in [-0.15, -0.1) is 0 Å². The van der Waals surface area contributed by atoms with Gasteiger partial charge >= 0.3 is 0 Å². The zero-order valence-corrected chi connectivity index (χ0v) is 12.3. The molecule has 2 heterocycles. The second-order valence-electron chi connectivity index (χ2n) is 5.40. The lowest BCUT2D eigenvalue weighted by Gasteiger charge is -2.28. The lowest BCUT2D eigenvalue weighted by Crippen LogP contribution is -2.38. The molecule has 1 aliphatic rings. The van der Waals surface area contributed by atoms with Crippen molar-refractivity contribution in [3.8, 4) is 0 Å². The predicted octanol–water partition coefficient (Wildman–Crippen LogP) is 0.842. The van der Waals surface area contributed by atoms with Crippen molar-refractivity contribution in [2.75, 3.05) is 6.54 Å². The summed E-state index contributed by atoms with van der Waals surface area (Å²) in [4.78, 5) is 33.3. The molecule has 1 aromatic heterocycles. The Morgan fingerprint density at radius 3 is 2.70 bits per heavy atom. The van der Waals surface area contributed by atoms with E-state index in [1.807, 2.05) is 0 Å². The molecule has 2 amide bonds. The molecule has 0 bridgehead atoms. The molecule has 0 unspecified atom stereocenters. The zero-order valence-electron chi connectivity index (χ0n) is 12.3. The number of nitrogens with zero attached hydrogens (tertiary/aromatic N) is 3. The zero-order chi connectivity index (χ0) is 16.4. The van der Waals surface area contributed by atoms with Crippen molar-refractivity contribution in [1.29, 1.82) is 0 Å². The van der Waals surface area contributed by atoms with Crippen LogP contribution in [-0.2, 0) is 24.2 Å². The summed E-state index contributed by atoms with van der Waals surface area (Å²) in [6.07, 6.45) is 2.41. The smallest absolute Gasteiger partial charge is 0.286 e. The molecule has 118 valence electrons. The average molecular weight is 314 g/mol. The number of benzene rings is 1. The summed E-state index contributed by atoms with van der Waals surface area (Å²) in [6, 6.07) is 5.86. The molecule has 0 saturated heterocycles. The highest BCUT2D eigenvalue weighted by molar-refractivity contribution is 5.88. The van der Waals surface area contributed by atoms with Gasteiger partial charge in [-0.05, 0) is 29.7 Å². The van der Waals surface area contributed by atoms with Gasteiger partial charge in [0, 0.05) is 12.7 Å². The Balaban J connectivity index is 1.73. The minimum absolute atomic E-state index is 0.0448. The fraction of sp³-hybridized carbons (Fsp3) is 0.250. The number of nitrogens with two attached hydrogens (primary N) is 1. The number of hydrogen-bond donors (Lipinski definition) is 1. The van der Waals surface area contributed by atoms with Crippen LogP contribution in [0.25, 0.3) is 0 Å². The Labute approximate surface area is 132 Å². The SMILES string of the molecule is NC(=O)c1ncc2c(n1)CN(C(=O)Cc1ccc(F)cc1)CC2. The largest absolute Gasteiger partial charge is 0.363 e. The molecule has 0 radical (unpaired) electrons. The summed E-state index contributed by atoms with van der Waals surface area (Å²) in [5, 5.41) is 0. The van der Waals surface area contributed by atoms with Gasteiger partial charge in [0.25, 0.3) is 5.91 Å².